The lowest BCUT2D eigenvalue weighted by molar-refractivity contribution is 0.615. The van der Waals surface area contributed by atoms with Gasteiger partial charge in [-0.15, -0.1) is 0 Å². The van der Waals surface area contributed by atoms with Gasteiger partial charge in [-0.3, -0.25) is 14.3 Å². The molecule has 0 saturated carbocycles. The highest BCUT2D eigenvalue weighted by Gasteiger charge is 2.18. The van der Waals surface area contributed by atoms with Gasteiger partial charge in [0.1, 0.15) is 0 Å². The number of rotatable bonds is 7. The summed E-state index contributed by atoms with van der Waals surface area (Å²) in [6, 6.07) is 0.0711. The lowest BCUT2D eigenvalue weighted by atomic mass is 10.2. The zero-order valence-corrected chi connectivity index (χ0v) is 13.8. The molecule has 2 heterocycles. The van der Waals surface area contributed by atoms with E-state index >= 15 is 0 Å². The SMILES string of the molecule is CCCCCCNc1nc2c(c(=O)[nH]c(=O)n2C)n1C(C)C. The summed E-state index contributed by atoms with van der Waals surface area (Å²) < 4.78 is 3.23. The molecule has 0 saturated heterocycles. The molecule has 2 aromatic rings. The quantitative estimate of drug-likeness (QED) is 0.766. The fraction of sp³-hybridized carbons (Fsp3) is 0.667. The molecule has 0 bridgehead atoms. The number of anilines is 1. The van der Waals surface area contributed by atoms with Gasteiger partial charge >= 0.3 is 5.69 Å². The topological polar surface area (TPSA) is 84.7 Å². The van der Waals surface area contributed by atoms with E-state index in [0.717, 1.165) is 13.0 Å². The number of aromatic nitrogens is 4. The second kappa shape index (κ2) is 6.81. The molecule has 22 heavy (non-hydrogen) atoms. The number of hydrogen-bond donors (Lipinski definition) is 2. The summed E-state index contributed by atoms with van der Waals surface area (Å²) in [6.07, 6.45) is 4.65. The molecular weight excluding hydrogens is 282 g/mol. The molecule has 0 aliphatic rings. The third-order valence-corrected chi connectivity index (χ3v) is 3.78. The number of unbranched alkanes of at least 4 members (excludes halogenated alkanes) is 3. The normalized spacial score (nSPS) is 11.5. The number of fused-ring (bicyclic) bond motifs is 1. The third-order valence-electron chi connectivity index (χ3n) is 3.78. The maximum atomic E-state index is 12.1. The van der Waals surface area contributed by atoms with Crippen LogP contribution in [-0.2, 0) is 7.05 Å². The van der Waals surface area contributed by atoms with Crippen LogP contribution in [0.15, 0.2) is 9.59 Å². The minimum Gasteiger partial charge on any atom is -0.356 e. The molecule has 7 nitrogen and oxygen atoms in total. The summed E-state index contributed by atoms with van der Waals surface area (Å²) in [7, 11) is 1.61. The molecule has 0 fully saturated rings. The number of aromatic amines is 1. The van der Waals surface area contributed by atoms with Gasteiger partial charge in [-0.1, -0.05) is 26.2 Å². The minimum atomic E-state index is -0.444. The van der Waals surface area contributed by atoms with E-state index in [-0.39, 0.29) is 6.04 Å². The monoisotopic (exact) mass is 307 g/mol. The van der Waals surface area contributed by atoms with Crippen LogP contribution < -0.4 is 16.6 Å². The Labute approximate surface area is 129 Å². The Kier molecular flexibility index (Phi) is 5.05. The van der Waals surface area contributed by atoms with Crippen LogP contribution in [0.4, 0.5) is 5.95 Å². The van der Waals surface area contributed by atoms with E-state index in [0.29, 0.717) is 17.1 Å². The molecule has 0 aliphatic carbocycles. The number of H-pyrrole nitrogens is 1. The minimum absolute atomic E-state index is 0.0711. The van der Waals surface area contributed by atoms with Gasteiger partial charge in [0.2, 0.25) is 5.95 Å². The van der Waals surface area contributed by atoms with Crippen molar-refractivity contribution in [3.63, 3.8) is 0 Å². The molecule has 0 amide bonds. The molecule has 2 N–H and O–H groups in total. The maximum absolute atomic E-state index is 12.1. The molecule has 0 atom stereocenters. The fourth-order valence-electron chi connectivity index (χ4n) is 2.58. The van der Waals surface area contributed by atoms with Crippen LogP contribution in [-0.4, -0.2) is 25.6 Å². The first kappa shape index (κ1) is 16.3. The second-order valence-corrected chi connectivity index (χ2v) is 5.88. The summed E-state index contributed by atoms with van der Waals surface area (Å²) in [6.45, 7) is 6.97. The molecule has 122 valence electrons. The van der Waals surface area contributed by atoms with Gasteiger partial charge in [0.15, 0.2) is 11.2 Å². The molecule has 0 aliphatic heterocycles. The van der Waals surface area contributed by atoms with Crippen LogP contribution in [0.3, 0.4) is 0 Å². The smallest absolute Gasteiger partial charge is 0.329 e. The van der Waals surface area contributed by atoms with Crippen molar-refractivity contribution in [3.8, 4) is 0 Å². The van der Waals surface area contributed by atoms with Crippen LogP contribution in [0.2, 0.25) is 0 Å². The van der Waals surface area contributed by atoms with Gasteiger partial charge in [-0.25, -0.2) is 4.79 Å². The van der Waals surface area contributed by atoms with Crippen LogP contribution in [0.5, 0.6) is 0 Å². The summed E-state index contributed by atoms with van der Waals surface area (Å²) in [5.41, 5.74) is 0.0189. The summed E-state index contributed by atoms with van der Waals surface area (Å²) in [5, 5.41) is 3.30. The van der Waals surface area contributed by atoms with E-state index in [4.69, 9.17) is 0 Å². The summed E-state index contributed by atoms with van der Waals surface area (Å²) in [5.74, 6) is 0.646. The number of nitrogens with one attached hydrogen (secondary N) is 2. The Bertz CT molecular complexity index is 754. The first-order valence-electron chi connectivity index (χ1n) is 7.92. The number of imidazole rings is 1. The Morgan fingerprint density at radius 3 is 2.59 bits per heavy atom. The van der Waals surface area contributed by atoms with E-state index < -0.39 is 11.2 Å². The van der Waals surface area contributed by atoms with Crippen molar-refractivity contribution in [2.45, 2.75) is 52.5 Å². The van der Waals surface area contributed by atoms with Crippen LogP contribution >= 0.6 is 0 Å². The van der Waals surface area contributed by atoms with Crippen molar-refractivity contribution in [2.24, 2.45) is 7.05 Å². The van der Waals surface area contributed by atoms with Crippen molar-refractivity contribution in [1.29, 1.82) is 0 Å². The second-order valence-electron chi connectivity index (χ2n) is 5.88. The third kappa shape index (κ3) is 3.08. The van der Waals surface area contributed by atoms with E-state index in [1.165, 1.54) is 23.8 Å². The summed E-state index contributed by atoms with van der Waals surface area (Å²) in [4.78, 5) is 30.7. The summed E-state index contributed by atoms with van der Waals surface area (Å²) >= 11 is 0. The average molecular weight is 307 g/mol. The van der Waals surface area contributed by atoms with E-state index in [9.17, 15) is 9.59 Å². The predicted molar refractivity (Wildman–Crippen MR) is 88.6 cm³/mol. The Morgan fingerprint density at radius 2 is 1.95 bits per heavy atom. The molecule has 2 rings (SSSR count). The van der Waals surface area contributed by atoms with E-state index in [2.05, 4.69) is 22.2 Å². The highest BCUT2D eigenvalue weighted by Crippen LogP contribution is 2.20. The van der Waals surface area contributed by atoms with Gasteiger partial charge < -0.3 is 9.88 Å². The molecule has 0 spiro atoms. The van der Waals surface area contributed by atoms with Crippen molar-refractivity contribution in [2.75, 3.05) is 11.9 Å². The number of nitrogens with zero attached hydrogens (tertiary/aromatic N) is 3. The molecule has 2 aromatic heterocycles. The lowest BCUT2D eigenvalue weighted by Gasteiger charge is -2.13. The highest BCUT2D eigenvalue weighted by atomic mass is 16.2. The zero-order valence-electron chi connectivity index (χ0n) is 13.8. The van der Waals surface area contributed by atoms with Crippen LogP contribution in [0.25, 0.3) is 11.2 Å². The molecule has 0 unspecified atom stereocenters. The lowest BCUT2D eigenvalue weighted by Crippen LogP contribution is -2.29. The van der Waals surface area contributed by atoms with Gasteiger partial charge in [-0.05, 0) is 20.3 Å². The Hall–Kier alpha value is -2.05. The predicted octanol–water partition coefficient (Wildman–Crippen LogP) is 2.00. The van der Waals surface area contributed by atoms with Crippen molar-refractivity contribution in [3.05, 3.63) is 20.8 Å². The van der Waals surface area contributed by atoms with Crippen molar-refractivity contribution < 1.29 is 0 Å². The van der Waals surface area contributed by atoms with Gasteiger partial charge in [0.25, 0.3) is 5.56 Å². The average Bonchev–Trinajstić information content (AvgIpc) is 2.85. The highest BCUT2D eigenvalue weighted by molar-refractivity contribution is 5.74. The van der Waals surface area contributed by atoms with E-state index in [1.807, 2.05) is 18.4 Å². The van der Waals surface area contributed by atoms with Crippen LogP contribution in [0.1, 0.15) is 52.5 Å². The molecule has 0 aromatic carbocycles. The molecular formula is C15H25N5O2. The van der Waals surface area contributed by atoms with Gasteiger partial charge in [0.05, 0.1) is 0 Å². The maximum Gasteiger partial charge on any atom is 0.329 e. The van der Waals surface area contributed by atoms with Crippen molar-refractivity contribution in [1.82, 2.24) is 19.1 Å². The van der Waals surface area contributed by atoms with Gasteiger partial charge in [-0.2, -0.15) is 4.98 Å². The molecule has 0 radical (unpaired) electrons. The van der Waals surface area contributed by atoms with Crippen LogP contribution in [0, 0.1) is 0 Å². The zero-order chi connectivity index (χ0) is 16.3. The van der Waals surface area contributed by atoms with Crippen molar-refractivity contribution >= 4 is 17.1 Å². The fourth-order valence-corrected chi connectivity index (χ4v) is 2.58. The number of hydrogen-bond acceptors (Lipinski definition) is 4. The van der Waals surface area contributed by atoms with Gasteiger partial charge in [0, 0.05) is 19.6 Å². The number of aryl methyl sites for hydroxylation is 1. The Balaban J connectivity index is 2.40. The standard InChI is InChI=1S/C15H25N5O2/c1-5-6-7-8-9-16-14-17-12-11(20(14)10(2)3)13(21)18-15(22)19(12)4/h10H,5-9H2,1-4H3,(H,16,17)(H,18,21,22). The largest absolute Gasteiger partial charge is 0.356 e. The Morgan fingerprint density at radius 1 is 1.23 bits per heavy atom. The molecule has 7 heteroatoms. The van der Waals surface area contributed by atoms with E-state index in [1.54, 1.807) is 7.05 Å². The first-order valence-corrected chi connectivity index (χ1v) is 7.92. The first-order chi connectivity index (χ1) is 10.5.